The van der Waals surface area contributed by atoms with Gasteiger partial charge >= 0.3 is 0 Å². The average Bonchev–Trinajstić information content (AvgIpc) is 4.00. The van der Waals surface area contributed by atoms with Crippen molar-refractivity contribution in [3.8, 4) is 77.9 Å². The van der Waals surface area contributed by atoms with E-state index in [1.54, 1.807) is 0 Å². The maximum Gasteiger partial charge on any atom is 0.0726 e. The second-order valence-electron chi connectivity index (χ2n) is 20.4. The van der Waals surface area contributed by atoms with Crippen molar-refractivity contribution in [1.29, 1.82) is 0 Å². The molecule has 340 valence electrons. The van der Waals surface area contributed by atoms with Gasteiger partial charge in [0.15, 0.2) is 0 Å². The molecular formula is C71H51N. The Labute approximate surface area is 423 Å². The number of nitrogens with zero attached hydrogens (tertiary/aromatic N) is 1. The van der Waals surface area contributed by atoms with Gasteiger partial charge in [-0.15, -0.1) is 0 Å². The highest BCUT2D eigenvalue weighted by Crippen LogP contribution is 2.64. The maximum absolute atomic E-state index is 2.57. The van der Waals surface area contributed by atoms with Gasteiger partial charge in [-0.25, -0.2) is 0 Å². The normalized spacial score (nSPS) is 13.7. The summed E-state index contributed by atoms with van der Waals surface area (Å²) in [5, 5.41) is 0. The van der Waals surface area contributed by atoms with Gasteiger partial charge in [0.1, 0.15) is 0 Å². The van der Waals surface area contributed by atoms with E-state index in [9.17, 15) is 0 Å². The molecular weight excluding hydrogens is 867 g/mol. The summed E-state index contributed by atoms with van der Waals surface area (Å²) in [4.78, 5) is 2.57. The van der Waals surface area contributed by atoms with Crippen LogP contribution in [0.1, 0.15) is 52.8 Å². The number of rotatable bonds is 8. The van der Waals surface area contributed by atoms with Crippen LogP contribution in [0.4, 0.5) is 11.4 Å². The molecule has 1 nitrogen and oxygen atoms in total. The molecule has 3 aliphatic rings. The fraction of sp³-hybridized carbons (Fsp3) is 0.0704. The third-order valence-electron chi connectivity index (χ3n) is 16.2. The number of anilines is 2. The van der Waals surface area contributed by atoms with E-state index in [0.717, 1.165) is 0 Å². The van der Waals surface area contributed by atoms with Crippen LogP contribution in [-0.4, -0.2) is 0 Å². The van der Waals surface area contributed by atoms with Crippen LogP contribution in [0.15, 0.2) is 261 Å². The molecule has 14 rings (SSSR count). The molecule has 1 heteroatoms. The smallest absolute Gasteiger partial charge is 0.0726 e. The van der Waals surface area contributed by atoms with Crippen LogP contribution < -0.4 is 4.90 Å². The molecule has 1 spiro atoms. The fourth-order valence-electron chi connectivity index (χ4n) is 12.8. The summed E-state index contributed by atoms with van der Waals surface area (Å²) in [5.41, 5.74) is 28.6. The molecule has 0 N–H and O–H groups in total. The maximum atomic E-state index is 2.57. The zero-order valence-corrected chi connectivity index (χ0v) is 40.5. The van der Waals surface area contributed by atoms with E-state index >= 15 is 0 Å². The summed E-state index contributed by atoms with van der Waals surface area (Å²) < 4.78 is 0. The zero-order chi connectivity index (χ0) is 48.0. The van der Waals surface area contributed by atoms with Crippen LogP contribution in [0.25, 0.3) is 77.9 Å². The summed E-state index contributed by atoms with van der Waals surface area (Å²) in [6.45, 7) is 5.42. The third-order valence-corrected chi connectivity index (χ3v) is 16.2. The average molecular weight is 918 g/mol. The van der Waals surface area contributed by atoms with Gasteiger partial charge in [0.2, 0.25) is 0 Å². The van der Waals surface area contributed by atoms with Crippen molar-refractivity contribution in [2.75, 3.05) is 4.90 Å². The van der Waals surface area contributed by atoms with Crippen LogP contribution in [-0.2, 0) is 17.4 Å². The van der Waals surface area contributed by atoms with Crippen molar-refractivity contribution in [1.82, 2.24) is 0 Å². The number of hydrogen-bond acceptors (Lipinski definition) is 1. The lowest BCUT2D eigenvalue weighted by Crippen LogP contribution is -2.26. The highest BCUT2D eigenvalue weighted by molar-refractivity contribution is 5.97. The van der Waals surface area contributed by atoms with Crippen LogP contribution in [0, 0.1) is 0 Å². The minimum Gasteiger partial charge on any atom is -0.337 e. The Morgan fingerprint density at radius 2 is 0.681 bits per heavy atom. The Kier molecular flexibility index (Phi) is 9.60. The van der Waals surface area contributed by atoms with Gasteiger partial charge in [0, 0.05) is 23.3 Å². The summed E-state index contributed by atoms with van der Waals surface area (Å²) in [7, 11) is 0. The minimum absolute atomic E-state index is 0.0883. The van der Waals surface area contributed by atoms with Crippen molar-refractivity contribution >= 4 is 11.4 Å². The Balaban J connectivity index is 0.992. The standard InChI is InChI=1S/C71H51N/c1-70(2)64-31-17-14-30-60(64)63-44-55(36-39-65(63)70)72(46-51-26-12-13-27-57(51)49-24-10-5-11-25-49)56-35-38-62-61-37-34-50(54-41-52(47-20-6-3-7-21-47)40-53(42-54)48-22-8-4-9-23-48)43-68(61)71(69(62)45-56)66-32-18-15-28-58(66)59-29-16-19-33-67(59)71/h3-45H,46H2,1-2H3. The molecule has 0 saturated carbocycles. The number of fused-ring (bicyclic) bond motifs is 13. The first-order valence-corrected chi connectivity index (χ1v) is 25.4. The molecule has 0 saturated heterocycles. The van der Waals surface area contributed by atoms with Crippen molar-refractivity contribution in [2.24, 2.45) is 0 Å². The SMILES string of the molecule is CC1(C)c2ccccc2-c2cc(N(Cc3ccccc3-c3ccccc3)c3ccc4c(c3)C3(c5ccccc5-c5ccccc53)c3cc(-c5cc(-c6ccccc6)cc(-c6ccccc6)c5)ccc3-4)ccc21. The Morgan fingerprint density at radius 3 is 1.29 bits per heavy atom. The molecule has 72 heavy (non-hydrogen) atoms. The fourth-order valence-corrected chi connectivity index (χ4v) is 12.8. The monoisotopic (exact) mass is 917 g/mol. The van der Waals surface area contributed by atoms with Crippen molar-refractivity contribution in [2.45, 2.75) is 31.2 Å². The third kappa shape index (κ3) is 6.40. The first kappa shape index (κ1) is 42.1. The highest BCUT2D eigenvalue weighted by Gasteiger charge is 2.52. The Bertz CT molecular complexity index is 3820. The number of benzene rings is 11. The number of hydrogen-bond donors (Lipinski definition) is 0. The van der Waals surface area contributed by atoms with Crippen molar-refractivity contribution < 1.29 is 0 Å². The highest BCUT2D eigenvalue weighted by atomic mass is 15.1. The predicted molar refractivity (Wildman–Crippen MR) is 301 cm³/mol. The van der Waals surface area contributed by atoms with E-state index < -0.39 is 5.41 Å². The van der Waals surface area contributed by atoms with Crippen LogP contribution in [0.2, 0.25) is 0 Å². The van der Waals surface area contributed by atoms with Crippen LogP contribution in [0.5, 0.6) is 0 Å². The molecule has 0 atom stereocenters. The topological polar surface area (TPSA) is 3.24 Å². The minimum atomic E-state index is -0.558. The summed E-state index contributed by atoms with van der Waals surface area (Å²) >= 11 is 0. The first-order chi connectivity index (χ1) is 35.4. The molecule has 3 aliphatic carbocycles. The summed E-state index contributed by atoms with van der Waals surface area (Å²) in [6.07, 6.45) is 0. The van der Waals surface area contributed by atoms with E-state index in [0.29, 0.717) is 6.54 Å². The molecule has 0 aliphatic heterocycles. The van der Waals surface area contributed by atoms with E-state index in [-0.39, 0.29) is 5.41 Å². The van der Waals surface area contributed by atoms with Gasteiger partial charge in [-0.2, -0.15) is 0 Å². The van der Waals surface area contributed by atoms with E-state index in [4.69, 9.17) is 0 Å². The quantitative estimate of drug-likeness (QED) is 0.147. The van der Waals surface area contributed by atoms with Gasteiger partial charge in [-0.05, 0) is 165 Å². The molecule has 0 unspecified atom stereocenters. The summed E-state index contributed by atoms with van der Waals surface area (Å²) in [6, 6.07) is 97.8. The molecule has 0 aromatic heterocycles. The lowest BCUT2D eigenvalue weighted by atomic mass is 9.70. The van der Waals surface area contributed by atoms with Gasteiger partial charge in [-0.3, -0.25) is 0 Å². The Hall–Kier alpha value is -8.78. The predicted octanol–water partition coefficient (Wildman–Crippen LogP) is 18.3. The van der Waals surface area contributed by atoms with Gasteiger partial charge in [-0.1, -0.05) is 226 Å². The molecule has 0 amide bonds. The van der Waals surface area contributed by atoms with Gasteiger partial charge < -0.3 is 4.90 Å². The lowest BCUT2D eigenvalue weighted by molar-refractivity contribution is 0.660. The van der Waals surface area contributed by atoms with E-state index in [1.807, 2.05) is 0 Å². The first-order valence-electron chi connectivity index (χ1n) is 25.4. The molecule has 0 bridgehead atoms. The Morgan fingerprint density at radius 1 is 0.264 bits per heavy atom. The van der Waals surface area contributed by atoms with Gasteiger partial charge in [0.05, 0.1) is 5.41 Å². The summed E-state index contributed by atoms with van der Waals surface area (Å²) in [5.74, 6) is 0. The molecule has 11 aromatic rings. The second-order valence-corrected chi connectivity index (χ2v) is 20.4. The molecule has 0 radical (unpaired) electrons. The van der Waals surface area contributed by atoms with Gasteiger partial charge in [0.25, 0.3) is 0 Å². The molecule has 0 heterocycles. The van der Waals surface area contributed by atoms with E-state index in [2.05, 4.69) is 280 Å². The van der Waals surface area contributed by atoms with E-state index in [1.165, 1.54) is 128 Å². The van der Waals surface area contributed by atoms with Crippen LogP contribution >= 0.6 is 0 Å². The van der Waals surface area contributed by atoms with Crippen molar-refractivity contribution in [3.05, 3.63) is 300 Å². The molecule has 0 fully saturated rings. The molecule has 11 aromatic carbocycles. The van der Waals surface area contributed by atoms with Crippen LogP contribution in [0.3, 0.4) is 0 Å². The lowest BCUT2D eigenvalue weighted by Gasteiger charge is -2.33. The second kappa shape index (κ2) is 16.4. The zero-order valence-electron chi connectivity index (χ0n) is 40.5. The van der Waals surface area contributed by atoms with Crippen molar-refractivity contribution in [3.63, 3.8) is 0 Å². The largest absolute Gasteiger partial charge is 0.337 e.